The fourth-order valence-corrected chi connectivity index (χ4v) is 1.56. The summed E-state index contributed by atoms with van der Waals surface area (Å²) in [6, 6.07) is 0. The van der Waals surface area contributed by atoms with E-state index in [4.69, 9.17) is 5.73 Å². The number of hydrogen-bond donors (Lipinski definition) is 3. The van der Waals surface area contributed by atoms with Crippen LogP contribution in [0.2, 0.25) is 0 Å². The van der Waals surface area contributed by atoms with Gasteiger partial charge in [0.2, 0.25) is 5.95 Å². The molecule has 8 nitrogen and oxygen atoms in total. The number of rotatable bonds is 1. The maximum atomic E-state index is 11.6. The van der Waals surface area contributed by atoms with Gasteiger partial charge in [0.05, 0.1) is 11.9 Å². The summed E-state index contributed by atoms with van der Waals surface area (Å²) in [6.07, 6.45) is 3.19. The molecular weight excluding hydrogens is 234 g/mol. The average Bonchev–Trinajstić information content (AvgIpc) is 2.74. The first-order chi connectivity index (χ1) is 8.63. The SMILES string of the molecule is Cc1cnc(-c2nc3nc(N)[nH]c(=O)c3[nH]2)cn1. The summed E-state index contributed by atoms with van der Waals surface area (Å²) < 4.78 is 0. The van der Waals surface area contributed by atoms with Gasteiger partial charge in [0.1, 0.15) is 5.69 Å². The van der Waals surface area contributed by atoms with E-state index in [1.165, 1.54) is 0 Å². The zero-order valence-electron chi connectivity index (χ0n) is 9.43. The van der Waals surface area contributed by atoms with E-state index in [1.54, 1.807) is 12.4 Å². The minimum Gasteiger partial charge on any atom is -0.369 e. The summed E-state index contributed by atoms with van der Waals surface area (Å²) in [7, 11) is 0. The molecule has 0 fully saturated rings. The van der Waals surface area contributed by atoms with Gasteiger partial charge in [-0.15, -0.1) is 0 Å². The Labute approximate surface area is 100 Å². The second-order valence-corrected chi connectivity index (χ2v) is 3.78. The molecule has 0 atom stereocenters. The molecule has 0 bridgehead atoms. The normalized spacial score (nSPS) is 10.9. The van der Waals surface area contributed by atoms with Crippen molar-refractivity contribution < 1.29 is 0 Å². The number of nitrogens with zero attached hydrogens (tertiary/aromatic N) is 4. The number of nitrogens with one attached hydrogen (secondary N) is 2. The van der Waals surface area contributed by atoms with Crippen molar-refractivity contribution in [1.29, 1.82) is 0 Å². The molecule has 0 amide bonds. The van der Waals surface area contributed by atoms with Crippen molar-refractivity contribution in [3.05, 3.63) is 28.4 Å². The van der Waals surface area contributed by atoms with Crippen molar-refractivity contribution >= 4 is 17.1 Å². The number of aryl methyl sites for hydroxylation is 1. The van der Waals surface area contributed by atoms with E-state index >= 15 is 0 Å². The summed E-state index contributed by atoms with van der Waals surface area (Å²) >= 11 is 0. The van der Waals surface area contributed by atoms with Gasteiger partial charge in [-0.05, 0) is 6.92 Å². The highest BCUT2D eigenvalue weighted by atomic mass is 16.1. The van der Waals surface area contributed by atoms with Crippen LogP contribution in [0.15, 0.2) is 17.2 Å². The molecule has 0 unspecified atom stereocenters. The zero-order chi connectivity index (χ0) is 12.7. The first-order valence-electron chi connectivity index (χ1n) is 5.18. The molecule has 3 heterocycles. The summed E-state index contributed by atoms with van der Waals surface area (Å²) in [5.74, 6) is 0.460. The lowest BCUT2D eigenvalue weighted by Gasteiger charge is -1.94. The molecule has 3 aromatic rings. The van der Waals surface area contributed by atoms with Gasteiger partial charge in [-0.2, -0.15) is 4.98 Å². The third-order valence-corrected chi connectivity index (χ3v) is 2.40. The van der Waals surface area contributed by atoms with Crippen LogP contribution in [0.1, 0.15) is 5.69 Å². The molecule has 0 aliphatic carbocycles. The van der Waals surface area contributed by atoms with Gasteiger partial charge in [0.25, 0.3) is 5.56 Å². The van der Waals surface area contributed by atoms with Gasteiger partial charge in [0, 0.05) is 6.20 Å². The first-order valence-corrected chi connectivity index (χ1v) is 5.18. The maximum absolute atomic E-state index is 11.6. The van der Waals surface area contributed by atoms with Gasteiger partial charge in [-0.25, -0.2) is 9.97 Å². The molecule has 90 valence electrons. The van der Waals surface area contributed by atoms with Crippen molar-refractivity contribution in [2.45, 2.75) is 6.92 Å². The predicted octanol–water partition coefficient (Wildman–Crippen LogP) is -0.00618. The molecule has 0 aliphatic rings. The molecule has 18 heavy (non-hydrogen) atoms. The summed E-state index contributed by atoms with van der Waals surface area (Å²) in [6.45, 7) is 1.84. The number of aromatic nitrogens is 6. The quantitative estimate of drug-likeness (QED) is 0.552. The van der Waals surface area contributed by atoms with E-state index in [-0.39, 0.29) is 22.7 Å². The van der Waals surface area contributed by atoms with Crippen molar-refractivity contribution in [1.82, 2.24) is 29.9 Å². The molecule has 3 aromatic heterocycles. The van der Waals surface area contributed by atoms with E-state index in [9.17, 15) is 4.79 Å². The number of anilines is 1. The predicted molar refractivity (Wildman–Crippen MR) is 64.7 cm³/mol. The smallest absolute Gasteiger partial charge is 0.278 e. The van der Waals surface area contributed by atoms with Crippen LogP contribution in [0.25, 0.3) is 22.7 Å². The topological polar surface area (TPSA) is 126 Å². The molecule has 0 aromatic carbocycles. The highest BCUT2D eigenvalue weighted by Gasteiger charge is 2.11. The van der Waals surface area contributed by atoms with E-state index in [2.05, 4.69) is 29.9 Å². The van der Waals surface area contributed by atoms with Crippen LogP contribution in [0.4, 0.5) is 5.95 Å². The monoisotopic (exact) mass is 243 g/mol. The number of aromatic amines is 2. The maximum Gasteiger partial charge on any atom is 0.278 e. The lowest BCUT2D eigenvalue weighted by molar-refractivity contribution is 1.10. The Morgan fingerprint density at radius 1 is 1.17 bits per heavy atom. The summed E-state index contributed by atoms with van der Waals surface area (Å²) in [5, 5.41) is 0. The van der Waals surface area contributed by atoms with E-state index in [0.717, 1.165) is 5.69 Å². The van der Waals surface area contributed by atoms with Crippen LogP contribution in [0.5, 0.6) is 0 Å². The largest absolute Gasteiger partial charge is 0.369 e. The van der Waals surface area contributed by atoms with Gasteiger partial charge >= 0.3 is 0 Å². The lowest BCUT2D eigenvalue weighted by Crippen LogP contribution is -2.10. The van der Waals surface area contributed by atoms with Crippen molar-refractivity contribution in [3.8, 4) is 11.5 Å². The molecule has 8 heteroatoms. The molecule has 0 aliphatic heterocycles. The Morgan fingerprint density at radius 3 is 2.72 bits per heavy atom. The standard InChI is InChI=1S/C10H9N7O/c1-4-2-13-5(3-12-4)7-14-6-8(15-7)16-10(11)17-9(6)18/h2-3H,1H3,(H4,11,14,15,16,17,18). The molecular formula is C10H9N7O. The highest BCUT2D eigenvalue weighted by molar-refractivity contribution is 5.74. The lowest BCUT2D eigenvalue weighted by atomic mass is 10.4. The molecule has 0 saturated heterocycles. The van der Waals surface area contributed by atoms with E-state index in [0.29, 0.717) is 11.5 Å². The third kappa shape index (κ3) is 1.59. The van der Waals surface area contributed by atoms with Gasteiger partial charge in [-0.1, -0.05) is 0 Å². The fourth-order valence-electron chi connectivity index (χ4n) is 1.56. The summed E-state index contributed by atoms with van der Waals surface area (Å²) in [5.41, 5.74) is 6.94. The van der Waals surface area contributed by atoms with Crippen molar-refractivity contribution in [3.63, 3.8) is 0 Å². The van der Waals surface area contributed by atoms with Crippen LogP contribution in [-0.2, 0) is 0 Å². The number of imidazole rings is 1. The van der Waals surface area contributed by atoms with Crippen molar-refractivity contribution in [2.75, 3.05) is 5.73 Å². The van der Waals surface area contributed by atoms with Crippen molar-refractivity contribution in [2.24, 2.45) is 0 Å². The minimum atomic E-state index is -0.365. The number of nitrogen functional groups attached to an aromatic ring is 1. The van der Waals surface area contributed by atoms with Gasteiger partial charge in [-0.3, -0.25) is 14.8 Å². The number of H-pyrrole nitrogens is 2. The Balaban J connectivity index is 2.22. The summed E-state index contributed by atoms with van der Waals surface area (Å²) in [4.78, 5) is 33.2. The number of fused-ring (bicyclic) bond motifs is 1. The van der Waals surface area contributed by atoms with Crippen LogP contribution in [0.3, 0.4) is 0 Å². The Morgan fingerprint density at radius 2 is 2.00 bits per heavy atom. The second-order valence-electron chi connectivity index (χ2n) is 3.78. The van der Waals surface area contributed by atoms with Crippen LogP contribution >= 0.6 is 0 Å². The van der Waals surface area contributed by atoms with Gasteiger partial charge in [0.15, 0.2) is 17.0 Å². The molecule has 0 radical (unpaired) electrons. The highest BCUT2D eigenvalue weighted by Crippen LogP contribution is 2.14. The van der Waals surface area contributed by atoms with Crippen LogP contribution < -0.4 is 11.3 Å². The average molecular weight is 243 g/mol. The molecule has 3 rings (SSSR count). The fraction of sp³-hybridized carbons (Fsp3) is 0.100. The molecule has 4 N–H and O–H groups in total. The van der Waals surface area contributed by atoms with Crippen LogP contribution in [-0.4, -0.2) is 29.9 Å². The molecule has 0 saturated carbocycles. The second kappa shape index (κ2) is 3.62. The Bertz CT molecular complexity index is 771. The Hall–Kier alpha value is -2.77. The third-order valence-electron chi connectivity index (χ3n) is 2.40. The zero-order valence-corrected chi connectivity index (χ0v) is 9.43. The number of hydrogen-bond acceptors (Lipinski definition) is 6. The number of nitrogens with two attached hydrogens (primary N) is 1. The minimum absolute atomic E-state index is 0.0283. The Kier molecular flexibility index (Phi) is 2.09. The first kappa shape index (κ1) is 10.4. The van der Waals surface area contributed by atoms with E-state index < -0.39 is 0 Å². The molecule has 0 spiro atoms. The van der Waals surface area contributed by atoms with Crippen LogP contribution in [0, 0.1) is 6.92 Å². The van der Waals surface area contributed by atoms with E-state index in [1.807, 2.05) is 6.92 Å². The van der Waals surface area contributed by atoms with Gasteiger partial charge < -0.3 is 10.7 Å².